The number of allylic oxidation sites excluding steroid dienone is 2. The quantitative estimate of drug-likeness (QED) is 0.162. The molecule has 0 amide bonds. The van der Waals surface area contributed by atoms with Crippen LogP contribution in [0.4, 0.5) is 0 Å². The maximum atomic E-state index is 12.6. The van der Waals surface area contributed by atoms with Gasteiger partial charge in [-0.25, -0.2) is 4.79 Å². The van der Waals surface area contributed by atoms with Crippen molar-refractivity contribution >= 4 is 36.1 Å². The van der Waals surface area contributed by atoms with Crippen molar-refractivity contribution < 1.29 is 23.6 Å². The van der Waals surface area contributed by atoms with Crippen molar-refractivity contribution in [2.24, 2.45) is 28.1 Å². The number of hydrogen-bond acceptors (Lipinski definition) is 7. The molecule has 5 rings (SSSR count). The van der Waals surface area contributed by atoms with Gasteiger partial charge < -0.3 is 18.8 Å². The van der Waals surface area contributed by atoms with Crippen LogP contribution in [0.1, 0.15) is 65.7 Å². The zero-order valence-corrected chi connectivity index (χ0v) is 29.8. The second-order valence-electron chi connectivity index (χ2n) is 13.9. The van der Waals surface area contributed by atoms with Gasteiger partial charge in [-0.15, -0.1) is 0 Å². The van der Waals surface area contributed by atoms with Gasteiger partial charge in [0.25, 0.3) is 8.32 Å². The van der Waals surface area contributed by atoms with Crippen LogP contribution in [0.25, 0.3) is 0 Å². The third-order valence-corrected chi connectivity index (χ3v) is 14.6. The second-order valence-corrected chi connectivity index (χ2v) is 18.1. The number of hydrogen-bond donors (Lipinski definition) is 0. The van der Waals surface area contributed by atoms with Crippen molar-refractivity contribution in [2.75, 3.05) is 0 Å². The largest absolute Gasteiger partial charge is 0.455 e. The average molecular weight is 653 g/mol. The van der Waals surface area contributed by atoms with Crippen LogP contribution in [0.15, 0.2) is 113 Å². The highest BCUT2D eigenvalue weighted by Gasteiger charge is 2.53. The monoisotopic (exact) mass is 652 g/mol. The highest BCUT2D eigenvalue weighted by Crippen LogP contribution is 2.39. The van der Waals surface area contributed by atoms with Crippen LogP contribution in [-0.2, 0) is 18.8 Å². The SMILES string of the molecule is C[C@H](O[Si](c1ccccc1)(c1ccccc1)C(C)(C)C)[C@H]1ON=C([C@@H](C)/C=C/C2=NO[C@@H]([C@@H](C)OC(=O)c3ccccc3)[C@H]2C)[C@H]1C. The first kappa shape index (κ1) is 34.3. The van der Waals surface area contributed by atoms with Gasteiger partial charge in [-0.2, -0.15) is 0 Å². The first-order valence-corrected chi connectivity index (χ1v) is 18.5. The topological polar surface area (TPSA) is 78.7 Å². The lowest BCUT2D eigenvalue weighted by Gasteiger charge is -2.45. The molecule has 7 atom stereocenters. The van der Waals surface area contributed by atoms with Gasteiger partial charge in [0.05, 0.1) is 23.1 Å². The summed E-state index contributed by atoms with van der Waals surface area (Å²) in [5, 5.41) is 11.3. The molecule has 0 saturated carbocycles. The maximum Gasteiger partial charge on any atom is 0.338 e. The molecular formula is C39H48N2O5Si. The summed E-state index contributed by atoms with van der Waals surface area (Å²) in [6.45, 7) is 17.2. The number of esters is 1. The van der Waals surface area contributed by atoms with Crippen LogP contribution in [0.2, 0.25) is 5.04 Å². The van der Waals surface area contributed by atoms with E-state index in [-0.39, 0.29) is 47.1 Å². The van der Waals surface area contributed by atoms with Crippen molar-refractivity contribution in [2.45, 2.75) is 84.8 Å². The molecule has 248 valence electrons. The van der Waals surface area contributed by atoms with E-state index in [1.807, 2.05) is 38.1 Å². The van der Waals surface area contributed by atoms with E-state index in [1.54, 1.807) is 12.1 Å². The minimum Gasteiger partial charge on any atom is -0.455 e. The van der Waals surface area contributed by atoms with Crippen LogP contribution in [0.3, 0.4) is 0 Å². The smallest absolute Gasteiger partial charge is 0.338 e. The van der Waals surface area contributed by atoms with Crippen LogP contribution in [0.5, 0.6) is 0 Å². The van der Waals surface area contributed by atoms with Crippen LogP contribution in [0, 0.1) is 17.8 Å². The molecule has 7 nitrogen and oxygen atoms in total. The summed E-state index contributed by atoms with van der Waals surface area (Å²) in [6.07, 6.45) is 2.82. The van der Waals surface area contributed by atoms with Crippen molar-refractivity contribution in [3.63, 3.8) is 0 Å². The summed E-state index contributed by atoms with van der Waals surface area (Å²) in [4.78, 5) is 24.5. The number of rotatable bonds is 11. The fourth-order valence-electron chi connectivity index (χ4n) is 6.85. The normalized spacial score (nSPS) is 23.3. The van der Waals surface area contributed by atoms with Crippen LogP contribution < -0.4 is 10.4 Å². The van der Waals surface area contributed by atoms with Crippen molar-refractivity contribution in [1.82, 2.24) is 0 Å². The second kappa shape index (κ2) is 14.4. The fourth-order valence-corrected chi connectivity index (χ4v) is 11.6. The molecule has 3 aromatic rings. The zero-order valence-electron chi connectivity index (χ0n) is 28.8. The lowest BCUT2D eigenvalue weighted by Crippen LogP contribution is -2.68. The summed E-state index contributed by atoms with van der Waals surface area (Å²) in [6, 6.07) is 30.3. The van der Waals surface area contributed by atoms with Crippen LogP contribution in [-0.4, -0.2) is 50.1 Å². The number of carbonyl (C=O) groups is 1. The summed E-state index contributed by atoms with van der Waals surface area (Å²) in [5.41, 5.74) is 2.28. The number of benzene rings is 3. The molecule has 0 bridgehead atoms. The number of carbonyl (C=O) groups excluding carboxylic acids is 1. The Kier molecular flexibility index (Phi) is 10.5. The van der Waals surface area contributed by atoms with E-state index >= 15 is 0 Å². The van der Waals surface area contributed by atoms with Gasteiger partial charge in [-0.3, -0.25) is 0 Å². The molecule has 2 heterocycles. The summed E-state index contributed by atoms with van der Waals surface area (Å²) < 4.78 is 13.1. The van der Waals surface area contributed by atoms with Gasteiger partial charge in [0.15, 0.2) is 12.2 Å². The summed E-state index contributed by atoms with van der Waals surface area (Å²) in [7, 11) is -2.75. The number of ether oxygens (including phenoxy) is 1. The molecule has 3 aromatic carbocycles. The first-order chi connectivity index (χ1) is 22.4. The molecule has 0 spiro atoms. The molecule has 2 aliphatic heterocycles. The van der Waals surface area contributed by atoms with E-state index in [1.165, 1.54) is 10.4 Å². The molecule has 0 aromatic heterocycles. The lowest BCUT2D eigenvalue weighted by atomic mass is 9.88. The van der Waals surface area contributed by atoms with Crippen LogP contribution >= 0.6 is 0 Å². The number of nitrogens with zero attached hydrogens (tertiary/aromatic N) is 2. The molecule has 2 aliphatic rings. The highest BCUT2D eigenvalue weighted by molar-refractivity contribution is 6.99. The molecule has 8 heteroatoms. The van der Waals surface area contributed by atoms with E-state index in [9.17, 15) is 4.79 Å². The average Bonchev–Trinajstić information content (AvgIpc) is 3.64. The van der Waals surface area contributed by atoms with E-state index in [0.29, 0.717) is 5.56 Å². The summed E-state index contributed by atoms with van der Waals surface area (Å²) in [5.74, 6) is -0.365. The van der Waals surface area contributed by atoms with Crippen molar-refractivity contribution in [3.8, 4) is 0 Å². The Hall–Kier alpha value is -4.01. The Labute approximate surface area is 280 Å². The molecule has 0 N–H and O–H groups in total. The molecule has 0 aliphatic carbocycles. The lowest BCUT2D eigenvalue weighted by molar-refractivity contribution is -0.0429. The predicted molar refractivity (Wildman–Crippen MR) is 191 cm³/mol. The first-order valence-electron chi connectivity index (χ1n) is 16.6. The standard InChI is InChI=1S/C39H48N2O5Si/c1-26(24-25-34-27(2)36(44-40-34)29(4)43-38(42)31-18-12-9-13-19-31)35-28(3)37(45-41-35)30(5)46-47(39(6,7)8,32-20-14-10-15-21-32)33-22-16-11-17-23-33/h9-30,36-37H,1-8H3/b25-24+/t26-,27-,28+,29+,30-,36+,37-/m0/s1. The fraction of sp³-hybridized carbons (Fsp3) is 0.410. The van der Waals surface area contributed by atoms with E-state index in [2.05, 4.69) is 119 Å². The van der Waals surface area contributed by atoms with E-state index in [4.69, 9.17) is 18.8 Å². The van der Waals surface area contributed by atoms with Crippen molar-refractivity contribution in [1.29, 1.82) is 0 Å². The summed E-state index contributed by atoms with van der Waals surface area (Å²) >= 11 is 0. The molecule has 0 unspecified atom stereocenters. The van der Waals surface area contributed by atoms with Gasteiger partial charge in [-0.1, -0.05) is 137 Å². The van der Waals surface area contributed by atoms with E-state index < -0.39 is 14.4 Å². The Morgan fingerprint density at radius 2 is 1.28 bits per heavy atom. The highest BCUT2D eigenvalue weighted by atomic mass is 28.4. The Morgan fingerprint density at radius 3 is 1.83 bits per heavy atom. The maximum absolute atomic E-state index is 12.6. The molecule has 47 heavy (non-hydrogen) atoms. The molecule has 0 fully saturated rings. The van der Waals surface area contributed by atoms with E-state index in [0.717, 1.165) is 11.4 Å². The molecule has 0 saturated heterocycles. The Bertz CT molecular complexity index is 1550. The van der Waals surface area contributed by atoms with Gasteiger partial charge in [0, 0.05) is 17.8 Å². The third-order valence-electron chi connectivity index (χ3n) is 9.51. The minimum absolute atomic E-state index is 0.0114. The van der Waals surface area contributed by atoms with Crippen molar-refractivity contribution in [3.05, 3.63) is 109 Å². The van der Waals surface area contributed by atoms with Gasteiger partial charge in [0.2, 0.25) is 0 Å². The zero-order chi connectivity index (χ0) is 33.8. The Balaban J connectivity index is 1.25. The third kappa shape index (κ3) is 7.14. The number of oxime groups is 2. The minimum atomic E-state index is -2.75. The Morgan fingerprint density at radius 1 is 0.766 bits per heavy atom. The molecule has 0 radical (unpaired) electrons. The molecular weight excluding hydrogens is 605 g/mol. The predicted octanol–water partition coefficient (Wildman–Crippen LogP) is 7.17. The van der Waals surface area contributed by atoms with Gasteiger partial charge >= 0.3 is 5.97 Å². The van der Waals surface area contributed by atoms with Gasteiger partial charge in [0.1, 0.15) is 6.10 Å². The van der Waals surface area contributed by atoms with Gasteiger partial charge in [-0.05, 0) is 47.5 Å².